The van der Waals surface area contributed by atoms with Crippen molar-refractivity contribution in [3.63, 3.8) is 0 Å². The van der Waals surface area contributed by atoms with E-state index in [1.807, 2.05) is 18.7 Å². The Morgan fingerprint density at radius 3 is 2.71 bits per heavy atom. The van der Waals surface area contributed by atoms with Crippen molar-refractivity contribution >= 4 is 17.3 Å². The first-order chi connectivity index (χ1) is 9.92. The Labute approximate surface area is 121 Å². The van der Waals surface area contributed by atoms with Gasteiger partial charge in [0.15, 0.2) is 5.84 Å². The lowest BCUT2D eigenvalue weighted by Gasteiger charge is -2.35. The monoisotopic (exact) mass is 295 g/mol. The molecule has 0 spiro atoms. The molecule has 0 saturated carbocycles. The smallest absolute Gasteiger partial charge is 0.312 e. The standard InChI is InChI=1S/C12H17N5O4/c1-7-5-16(6-8(2)21-7)12-10(17(19)20)3-9(4-14-12)11(13)15-18/h3-4,7-8,18H,5-6H2,1-2H3,(H2,13,15). The lowest BCUT2D eigenvalue weighted by atomic mass is 10.2. The van der Waals surface area contributed by atoms with Crippen LogP contribution in [0.25, 0.3) is 0 Å². The molecule has 1 saturated heterocycles. The van der Waals surface area contributed by atoms with Crippen LogP contribution in [0.4, 0.5) is 11.5 Å². The van der Waals surface area contributed by atoms with Crippen molar-refractivity contribution in [3.05, 3.63) is 27.9 Å². The number of nitrogens with zero attached hydrogens (tertiary/aromatic N) is 4. The van der Waals surface area contributed by atoms with Gasteiger partial charge in [0.25, 0.3) is 0 Å². The number of morpholine rings is 1. The fourth-order valence-electron chi connectivity index (χ4n) is 2.37. The highest BCUT2D eigenvalue weighted by atomic mass is 16.6. The summed E-state index contributed by atoms with van der Waals surface area (Å²) in [5.41, 5.74) is 5.46. The number of amidine groups is 1. The van der Waals surface area contributed by atoms with Gasteiger partial charge < -0.3 is 20.6 Å². The van der Waals surface area contributed by atoms with Gasteiger partial charge in [-0.1, -0.05) is 5.16 Å². The molecule has 1 fully saturated rings. The Morgan fingerprint density at radius 1 is 1.57 bits per heavy atom. The third-order valence-electron chi connectivity index (χ3n) is 3.17. The topological polar surface area (TPSA) is 127 Å². The summed E-state index contributed by atoms with van der Waals surface area (Å²) in [7, 11) is 0. The van der Waals surface area contributed by atoms with Crippen LogP contribution in [0.3, 0.4) is 0 Å². The Hall–Kier alpha value is -2.42. The molecule has 2 heterocycles. The molecule has 0 aliphatic carbocycles. The average Bonchev–Trinajstić information content (AvgIpc) is 2.44. The predicted molar refractivity (Wildman–Crippen MR) is 75.6 cm³/mol. The predicted octanol–water partition coefficient (Wildman–Crippen LogP) is 0.698. The normalized spacial score (nSPS) is 23.1. The number of aromatic nitrogens is 1. The summed E-state index contributed by atoms with van der Waals surface area (Å²) >= 11 is 0. The van der Waals surface area contributed by atoms with Crippen LogP contribution in [-0.2, 0) is 4.74 Å². The number of anilines is 1. The number of hydrogen-bond acceptors (Lipinski definition) is 7. The summed E-state index contributed by atoms with van der Waals surface area (Å²) in [5, 5.41) is 22.7. The lowest BCUT2D eigenvalue weighted by Crippen LogP contribution is -2.46. The van der Waals surface area contributed by atoms with Crippen LogP contribution in [-0.4, -0.2) is 46.2 Å². The summed E-state index contributed by atoms with van der Waals surface area (Å²) in [5.74, 6) is 0.0392. The van der Waals surface area contributed by atoms with Crippen molar-refractivity contribution in [3.8, 4) is 0 Å². The minimum absolute atomic E-state index is 0.0427. The molecule has 3 N–H and O–H groups in total. The number of hydrogen-bond donors (Lipinski definition) is 2. The molecule has 21 heavy (non-hydrogen) atoms. The zero-order valence-electron chi connectivity index (χ0n) is 11.8. The van der Waals surface area contributed by atoms with E-state index < -0.39 is 4.92 Å². The molecule has 9 nitrogen and oxygen atoms in total. The van der Waals surface area contributed by atoms with Crippen LogP contribution >= 0.6 is 0 Å². The maximum absolute atomic E-state index is 11.3. The molecular formula is C12H17N5O4. The summed E-state index contributed by atoms with van der Waals surface area (Å²) in [6.07, 6.45) is 1.26. The van der Waals surface area contributed by atoms with Crippen LogP contribution in [0.1, 0.15) is 19.4 Å². The van der Waals surface area contributed by atoms with E-state index in [0.29, 0.717) is 13.1 Å². The van der Waals surface area contributed by atoms with Gasteiger partial charge >= 0.3 is 5.69 Å². The molecule has 9 heteroatoms. The second-order valence-electron chi connectivity index (χ2n) is 4.97. The van der Waals surface area contributed by atoms with E-state index in [1.165, 1.54) is 12.3 Å². The van der Waals surface area contributed by atoms with Crippen LogP contribution in [0.5, 0.6) is 0 Å². The number of nitro groups is 1. The van der Waals surface area contributed by atoms with Crippen molar-refractivity contribution in [2.45, 2.75) is 26.1 Å². The first-order valence-electron chi connectivity index (χ1n) is 6.45. The van der Waals surface area contributed by atoms with Crippen LogP contribution in [0, 0.1) is 10.1 Å². The molecule has 2 unspecified atom stereocenters. The zero-order valence-corrected chi connectivity index (χ0v) is 11.8. The molecule has 1 aliphatic heterocycles. The number of ether oxygens (including phenoxy) is 1. The Kier molecular flexibility index (Phi) is 4.22. The third-order valence-corrected chi connectivity index (χ3v) is 3.17. The minimum atomic E-state index is -0.527. The molecule has 0 radical (unpaired) electrons. The average molecular weight is 295 g/mol. The highest BCUT2D eigenvalue weighted by Gasteiger charge is 2.29. The summed E-state index contributed by atoms with van der Waals surface area (Å²) in [6, 6.07) is 1.25. The second kappa shape index (κ2) is 5.92. The molecule has 1 aromatic heterocycles. The maximum atomic E-state index is 11.3. The van der Waals surface area contributed by atoms with Crippen molar-refractivity contribution in [1.82, 2.24) is 4.98 Å². The van der Waals surface area contributed by atoms with Crippen LogP contribution in [0.2, 0.25) is 0 Å². The van der Waals surface area contributed by atoms with E-state index in [-0.39, 0.29) is 35.1 Å². The van der Waals surface area contributed by atoms with E-state index >= 15 is 0 Å². The van der Waals surface area contributed by atoms with E-state index in [1.54, 1.807) is 0 Å². The molecule has 1 aromatic rings. The van der Waals surface area contributed by atoms with Crippen LogP contribution < -0.4 is 10.6 Å². The number of pyridine rings is 1. The highest BCUT2D eigenvalue weighted by Crippen LogP contribution is 2.28. The molecule has 114 valence electrons. The van der Waals surface area contributed by atoms with Gasteiger partial charge in [-0.05, 0) is 13.8 Å². The second-order valence-corrected chi connectivity index (χ2v) is 4.97. The van der Waals surface area contributed by atoms with Gasteiger partial charge in [-0.3, -0.25) is 10.1 Å². The molecule has 1 aliphatic rings. The van der Waals surface area contributed by atoms with Crippen molar-refractivity contribution in [2.75, 3.05) is 18.0 Å². The van der Waals surface area contributed by atoms with Gasteiger partial charge in [0.05, 0.1) is 17.1 Å². The van der Waals surface area contributed by atoms with E-state index in [4.69, 9.17) is 15.7 Å². The van der Waals surface area contributed by atoms with Gasteiger partial charge in [-0.2, -0.15) is 0 Å². The largest absolute Gasteiger partial charge is 0.409 e. The van der Waals surface area contributed by atoms with Gasteiger partial charge in [-0.15, -0.1) is 0 Å². The van der Waals surface area contributed by atoms with Gasteiger partial charge in [0.2, 0.25) is 5.82 Å². The quantitative estimate of drug-likeness (QED) is 0.276. The lowest BCUT2D eigenvalue weighted by molar-refractivity contribution is -0.384. The van der Waals surface area contributed by atoms with Crippen molar-refractivity contribution < 1.29 is 14.9 Å². The number of rotatable bonds is 3. The van der Waals surface area contributed by atoms with Crippen LogP contribution in [0.15, 0.2) is 17.4 Å². The van der Waals surface area contributed by atoms with Gasteiger partial charge in [-0.25, -0.2) is 4.98 Å². The van der Waals surface area contributed by atoms with E-state index in [9.17, 15) is 10.1 Å². The molecule has 2 rings (SSSR count). The summed E-state index contributed by atoms with van der Waals surface area (Å²) in [6.45, 7) is 4.83. The molecule has 2 atom stereocenters. The van der Waals surface area contributed by atoms with Gasteiger partial charge in [0.1, 0.15) is 0 Å². The van der Waals surface area contributed by atoms with Gasteiger partial charge in [0, 0.05) is 30.9 Å². The fourth-order valence-corrected chi connectivity index (χ4v) is 2.37. The SMILES string of the molecule is CC1CN(c2ncc(C(N)=NO)cc2[N+](=O)[O-])CC(C)O1. The zero-order chi connectivity index (χ0) is 15.6. The third kappa shape index (κ3) is 3.19. The Morgan fingerprint density at radius 2 is 2.19 bits per heavy atom. The van der Waals surface area contributed by atoms with E-state index in [2.05, 4.69) is 10.1 Å². The number of oxime groups is 1. The first kappa shape index (κ1) is 15.0. The fraction of sp³-hybridized carbons (Fsp3) is 0.500. The van der Waals surface area contributed by atoms with Crippen molar-refractivity contribution in [2.24, 2.45) is 10.9 Å². The Balaban J connectivity index is 2.41. The molecule has 0 aromatic carbocycles. The molecule has 0 bridgehead atoms. The summed E-state index contributed by atoms with van der Waals surface area (Å²) in [4.78, 5) is 16.7. The summed E-state index contributed by atoms with van der Waals surface area (Å²) < 4.78 is 5.61. The van der Waals surface area contributed by atoms with E-state index in [0.717, 1.165) is 0 Å². The van der Waals surface area contributed by atoms with Crippen molar-refractivity contribution in [1.29, 1.82) is 0 Å². The maximum Gasteiger partial charge on any atom is 0.312 e. The number of nitrogens with two attached hydrogens (primary N) is 1. The first-order valence-corrected chi connectivity index (χ1v) is 6.45. The Bertz CT molecular complexity index is 567. The molecular weight excluding hydrogens is 278 g/mol. The molecule has 0 amide bonds. The minimum Gasteiger partial charge on any atom is -0.409 e. The highest BCUT2D eigenvalue weighted by molar-refractivity contribution is 5.97.